The summed E-state index contributed by atoms with van der Waals surface area (Å²) in [6.07, 6.45) is 0.400. The first-order chi connectivity index (χ1) is 10.8. The topological polar surface area (TPSA) is 90.4 Å². The molecule has 1 N–H and O–H groups in total. The number of hydrogen-bond donors (Lipinski definition) is 1. The number of fused-ring (bicyclic) bond motifs is 1. The number of ether oxygens (including phenoxy) is 1. The average Bonchev–Trinajstić information content (AvgIpc) is 2.43. The van der Waals surface area contributed by atoms with Gasteiger partial charge in [-0.1, -0.05) is 0 Å². The minimum Gasteiger partial charge on any atom is -0.444 e. The van der Waals surface area contributed by atoms with E-state index in [2.05, 4.69) is 0 Å². The van der Waals surface area contributed by atoms with Crippen LogP contribution in [0.2, 0.25) is 0 Å². The number of amides is 1. The van der Waals surface area contributed by atoms with Gasteiger partial charge in [0, 0.05) is 46.2 Å². The lowest BCUT2D eigenvalue weighted by Crippen LogP contribution is -2.62. The van der Waals surface area contributed by atoms with Crippen LogP contribution in [0.15, 0.2) is 0 Å². The summed E-state index contributed by atoms with van der Waals surface area (Å²) in [5, 5.41) is 10.8. The van der Waals surface area contributed by atoms with Gasteiger partial charge in [-0.05, 0) is 33.6 Å². The number of rotatable bonds is 2. The van der Waals surface area contributed by atoms with Gasteiger partial charge >= 0.3 is 6.09 Å². The van der Waals surface area contributed by atoms with E-state index in [0.717, 1.165) is 0 Å². The normalized spacial score (nSPS) is 29.5. The second-order valence-corrected chi connectivity index (χ2v) is 10.0. The molecule has 0 aromatic carbocycles. The Morgan fingerprint density at radius 1 is 1.21 bits per heavy atom. The van der Waals surface area contributed by atoms with Gasteiger partial charge < -0.3 is 14.7 Å². The lowest BCUT2D eigenvalue weighted by Gasteiger charge is -2.49. The molecule has 0 saturated carbocycles. The quantitative estimate of drug-likeness (QED) is 0.771. The monoisotopic (exact) mass is 363 g/mol. The minimum atomic E-state index is -3.52. The number of piperidine rings is 2. The molecule has 0 radical (unpaired) electrons. The summed E-state index contributed by atoms with van der Waals surface area (Å²) in [6, 6.07) is 0. The number of aliphatic hydroxyl groups is 1. The maximum Gasteiger partial charge on any atom is 0.410 e. The first kappa shape index (κ1) is 19.4. The van der Waals surface area contributed by atoms with Crippen molar-refractivity contribution in [3.8, 4) is 0 Å². The van der Waals surface area contributed by atoms with Crippen molar-refractivity contribution in [1.29, 1.82) is 0 Å². The van der Waals surface area contributed by atoms with Crippen LogP contribution in [-0.4, -0.2) is 84.6 Å². The maximum absolute atomic E-state index is 12.3. The third kappa shape index (κ3) is 4.01. The molecule has 2 heterocycles. The van der Waals surface area contributed by atoms with Crippen molar-refractivity contribution in [3.63, 3.8) is 0 Å². The van der Waals surface area contributed by atoms with E-state index in [9.17, 15) is 18.3 Å². The Morgan fingerprint density at radius 3 is 2.33 bits per heavy atom. The molecule has 2 fully saturated rings. The van der Waals surface area contributed by atoms with Crippen LogP contribution in [0.1, 0.15) is 33.6 Å². The molecule has 140 valence electrons. The standard InChI is InChI=1S/C15H29N3O5S/c1-14(2,3)23-13(19)17-8-6-15(20)7-9-18(11-12(15)10-17)24(21,22)16(4)5/h12,20H,6-11H2,1-5H3/t12-,15+/m0/s1. The highest BCUT2D eigenvalue weighted by Crippen LogP contribution is 2.36. The maximum atomic E-state index is 12.3. The van der Waals surface area contributed by atoms with Gasteiger partial charge in [0.25, 0.3) is 10.2 Å². The van der Waals surface area contributed by atoms with Gasteiger partial charge in [0.1, 0.15) is 5.60 Å². The highest BCUT2D eigenvalue weighted by atomic mass is 32.2. The van der Waals surface area contributed by atoms with Crippen molar-refractivity contribution < 1.29 is 23.1 Å². The van der Waals surface area contributed by atoms with Crippen LogP contribution in [0.25, 0.3) is 0 Å². The Balaban J connectivity index is 2.10. The van der Waals surface area contributed by atoms with Gasteiger partial charge in [-0.25, -0.2) is 4.79 Å². The Kier molecular flexibility index (Phi) is 5.21. The van der Waals surface area contributed by atoms with Gasteiger partial charge in [0.2, 0.25) is 0 Å². The van der Waals surface area contributed by atoms with Crippen molar-refractivity contribution in [3.05, 3.63) is 0 Å². The molecule has 2 aliphatic rings. The van der Waals surface area contributed by atoms with Crippen LogP contribution >= 0.6 is 0 Å². The summed E-state index contributed by atoms with van der Waals surface area (Å²) in [5.74, 6) is -0.317. The molecular formula is C15H29N3O5S. The smallest absolute Gasteiger partial charge is 0.410 e. The van der Waals surface area contributed by atoms with Crippen LogP contribution in [0, 0.1) is 5.92 Å². The Morgan fingerprint density at radius 2 is 1.79 bits per heavy atom. The van der Waals surface area contributed by atoms with E-state index in [4.69, 9.17) is 4.74 Å². The van der Waals surface area contributed by atoms with Crippen LogP contribution in [0.3, 0.4) is 0 Å². The van der Waals surface area contributed by atoms with Gasteiger partial charge in [-0.15, -0.1) is 0 Å². The first-order valence-electron chi connectivity index (χ1n) is 8.23. The molecule has 0 unspecified atom stereocenters. The number of likely N-dealkylation sites (tertiary alicyclic amines) is 1. The molecule has 9 heteroatoms. The summed E-state index contributed by atoms with van der Waals surface area (Å²) < 4.78 is 32.6. The van der Waals surface area contributed by atoms with Crippen molar-refractivity contribution in [2.75, 3.05) is 40.3 Å². The number of hydrogen-bond acceptors (Lipinski definition) is 5. The van der Waals surface area contributed by atoms with Crippen LogP contribution in [-0.2, 0) is 14.9 Å². The van der Waals surface area contributed by atoms with Gasteiger partial charge in [0.15, 0.2) is 0 Å². The number of carbonyl (C=O) groups excluding carboxylic acids is 1. The first-order valence-corrected chi connectivity index (χ1v) is 9.63. The van der Waals surface area contributed by atoms with Gasteiger partial charge in [0.05, 0.1) is 5.60 Å². The van der Waals surface area contributed by atoms with Crippen molar-refractivity contribution in [2.24, 2.45) is 5.92 Å². The molecule has 2 saturated heterocycles. The Labute approximate surface area is 144 Å². The zero-order valence-corrected chi connectivity index (χ0v) is 16.0. The van der Waals surface area contributed by atoms with Crippen LogP contribution in [0.5, 0.6) is 0 Å². The summed E-state index contributed by atoms with van der Waals surface area (Å²) in [5.41, 5.74) is -1.51. The molecule has 0 aromatic heterocycles. The fourth-order valence-corrected chi connectivity index (χ4v) is 4.36. The Bertz CT molecular complexity index is 586. The lowest BCUT2D eigenvalue weighted by molar-refractivity contribution is -0.101. The van der Waals surface area contributed by atoms with Gasteiger partial charge in [-0.2, -0.15) is 17.0 Å². The van der Waals surface area contributed by atoms with E-state index in [1.54, 1.807) is 25.7 Å². The second-order valence-electron chi connectivity index (χ2n) is 7.88. The fraction of sp³-hybridized carbons (Fsp3) is 0.933. The van der Waals surface area contributed by atoms with E-state index in [-0.39, 0.29) is 12.5 Å². The molecular weight excluding hydrogens is 334 g/mol. The second kappa shape index (κ2) is 6.44. The molecule has 0 aliphatic carbocycles. The minimum absolute atomic E-state index is 0.205. The average molecular weight is 363 g/mol. The predicted molar refractivity (Wildman–Crippen MR) is 89.7 cm³/mol. The summed E-state index contributed by atoms with van der Waals surface area (Å²) in [4.78, 5) is 13.8. The zero-order chi connectivity index (χ0) is 18.3. The third-order valence-corrected chi connectivity index (χ3v) is 6.58. The molecule has 0 aromatic rings. The van der Waals surface area contributed by atoms with E-state index in [1.165, 1.54) is 22.7 Å². The summed E-state index contributed by atoms with van der Waals surface area (Å²) >= 11 is 0. The van der Waals surface area contributed by atoms with E-state index in [1.807, 2.05) is 0 Å². The molecule has 24 heavy (non-hydrogen) atoms. The summed E-state index contributed by atoms with van der Waals surface area (Å²) in [6.45, 7) is 6.62. The van der Waals surface area contributed by atoms with Crippen LogP contribution < -0.4 is 0 Å². The molecule has 2 rings (SSSR count). The van der Waals surface area contributed by atoms with Crippen molar-refractivity contribution in [2.45, 2.75) is 44.8 Å². The molecule has 1 amide bonds. The van der Waals surface area contributed by atoms with E-state index in [0.29, 0.717) is 32.5 Å². The summed E-state index contributed by atoms with van der Waals surface area (Å²) in [7, 11) is -0.543. The highest BCUT2D eigenvalue weighted by Gasteiger charge is 2.48. The third-order valence-electron chi connectivity index (χ3n) is 4.67. The van der Waals surface area contributed by atoms with Crippen molar-refractivity contribution in [1.82, 2.24) is 13.5 Å². The largest absolute Gasteiger partial charge is 0.444 e. The molecule has 8 nitrogen and oxygen atoms in total. The number of nitrogens with zero attached hydrogens (tertiary/aromatic N) is 3. The lowest BCUT2D eigenvalue weighted by atomic mass is 9.76. The fourth-order valence-electron chi connectivity index (χ4n) is 3.20. The SMILES string of the molecule is CN(C)S(=O)(=O)N1CC[C@]2(O)CCN(C(=O)OC(C)(C)C)C[C@H]2C1. The highest BCUT2D eigenvalue weighted by molar-refractivity contribution is 7.86. The van der Waals surface area contributed by atoms with E-state index < -0.39 is 27.5 Å². The molecule has 0 spiro atoms. The molecule has 2 aliphatic heterocycles. The van der Waals surface area contributed by atoms with E-state index >= 15 is 0 Å². The van der Waals surface area contributed by atoms with Gasteiger partial charge in [-0.3, -0.25) is 0 Å². The zero-order valence-electron chi connectivity index (χ0n) is 15.2. The van der Waals surface area contributed by atoms with Crippen LogP contribution in [0.4, 0.5) is 4.79 Å². The molecule has 0 bridgehead atoms. The Hall–Kier alpha value is -0.900. The molecule has 2 atom stereocenters. The van der Waals surface area contributed by atoms with Crippen molar-refractivity contribution >= 4 is 16.3 Å². The number of carbonyl (C=O) groups is 1. The predicted octanol–water partition coefficient (Wildman–Crippen LogP) is 0.487.